The van der Waals surface area contributed by atoms with Crippen molar-refractivity contribution in [3.8, 4) is 6.07 Å². The monoisotopic (exact) mass is 245 g/mol. The molecule has 1 fully saturated rings. The molecule has 1 N–H and O–H groups in total. The van der Waals surface area contributed by atoms with Crippen LogP contribution >= 0.6 is 0 Å². The summed E-state index contributed by atoms with van der Waals surface area (Å²) in [4.78, 5) is 2.34. The number of rotatable bonds is 5. The topological polar surface area (TPSA) is 73.2 Å². The molecule has 0 radical (unpaired) electrons. The Kier molecular flexibility index (Phi) is 5.19. The van der Waals surface area contributed by atoms with E-state index in [1.54, 1.807) is 6.07 Å². The Hall–Kier alpha value is -0.640. The molecule has 16 heavy (non-hydrogen) atoms. The average molecular weight is 245 g/mol. The first-order valence-electron chi connectivity index (χ1n) is 5.66. The van der Waals surface area contributed by atoms with E-state index in [2.05, 4.69) is 16.5 Å². The van der Waals surface area contributed by atoms with Crippen molar-refractivity contribution >= 4 is 10.0 Å². The van der Waals surface area contributed by atoms with E-state index in [4.69, 9.17) is 5.26 Å². The first-order valence-corrected chi connectivity index (χ1v) is 7.32. The van der Waals surface area contributed by atoms with Crippen LogP contribution in [0, 0.1) is 11.3 Å². The summed E-state index contributed by atoms with van der Waals surface area (Å²) in [5, 5.41) is 8.37. The predicted molar refractivity (Wildman–Crippen MR) is 62.3 cm³/mol. The third-order valence-corrected chi connectivity index (χ3v) is 3.93. The first-order chi connectivity index (χ1) is 7.57. The van der Waals surface area contributed by atoms with Crippen LogP contribution in [0.25, 0.3) is 0 Å². The van der Waals surface area contributed by atoms with Crippen LogP contribution in [0.3, 0.4) is 0 Å². The van der Waals surface area contributed by atoms with Gasteiger partial charge in [0, 0.05) is 6.04 Å². The highest BCUT2D eigenvalue weighted by molar-refractivity contribution is 7.89. The minimum absolute atomic E-state index is 0.00598. The molecule has 0 unspecified atom stereocenters. The molecule has 1 aliphatic rings. The Bertz CT molecular complexity index is 340. The summed E-state index contributed by atoms with van der Waals surface area (Å²) >= 11 is 0. The van der Waals surface area contributed by atoms with Gasteiger partial charge < -0.3 is 4.90 Å². The number of hydrogen-bond acceptors (Lipinski definition) is 4. The van der Waals surface area contributed by atoms with Crippen LogP contribution in [0.4, 0.5) is 0 Å². The molecular weight excluding hydrogens is 226 g/mol. The lowest BCUT2D eigenvalue weighted by molar-refractivity contribution is 0.208. The van der Waals surface area contributed by atoms with Gasteiger partial charge in [0.15, 0.2) is 5.75 Å². The summed E-state index contributed by atoms with van der Waals surface area (Å²) in [6, 6.07) is 1.67. The summed E-state index contributed by atoms with van der Waals surface area (Å²) in [7, 11) is -3.39. The zero-order valence-corrected chi connectivity index (χ0v) is 10.5. The van der Waals surface area contributed by atoms with Crippen LogP contribution in [-0.2, 0) is 10.0 Å². The lowest BCUT2D eigenvalue weighted by Gasteiger charge is -2.31. The quantitative estimate of drug-likeness (QED) is 0.756. The van der Waals surface area contributed by atoms with Crippen LogP contribution in [0.15, 0.2) is 0 Å². The molecule has 0 amide bonds. The minimum Gasteiger partial charge on any atom is -0.303 e. The highest BCUT2D eigenvalue weighted by Gasteiger charge is 2.22. The molecule has 1 aliphatic heterocycles. The fraction of sp³-hybridized carbons (Fsp3) is 0.900. The van der Waals surface area contributed by atoms with Crippen molar-refractivity contribution < 1.29 is 8.42 Å². The van der Waals surface area contributed by atoms with E-state index < -0.39 is 15.8 Å². The number of nitrogens with zero attached hydrogens (tertiary/aromatic N) is 2. The number of piperidine rings is 1. The van der Waals surface area contributed by atoms with Crippen LogP contribution in [0.1, 0.15) is 26.2 Å². The van der Waals surface area contributed by atoms with Gasteiger partial charge in [-0.25, -0.2) is 13.1 Å². The van der Waals surface area contributed by atoms with E-state index in [1.807, 2.05) is 0 Å². The molecule has 6 heteroatoms. The Morgan fingerprint density at radius 3 is 2.56 bits per heavy atom. The van der Waals surface area contributed by atoms with Gasteiger partial charge in [0.05, 0.1) is 6.07 Å². The van der Waals surface area contributed by atoms with E-state index in [1.165, 1.54) is 0 Å². The van der Waals surface area contributed by atoms with Gasteiger partial charge in [-0.3, -0.25) is 0 Å². The van der Waals surface area contributed by atoms with Crippen LogP contribution in [0.5, 0.6) is 0 Å². The molecule has 5 nitrogen and oxygen atoms in total. The number of likely N-dealkylation sites (tertiary alicyclic amines) is 1. The second-order valence-electron chi connectivity index (χ2n) is 4.15. The van der Waals surface area contributed by atoms with Gasteiger partial charge >= 0.3 is 0 Å². The number of nitrogens with one attached hydrogen (secondary N) is 1. The molecule has 0 aliphatic carbocycles. The molecule has 1 heterocycles. The summed E-state index contributed by atoms with van der Waals surface area (Å²) in [5.41, 5.74) is 0. The first kappa shape index (κ1) is 13.4. The molecule has 0 atom stereocenters. The summed E-state index contributed by atoms with van der Waals surface area (Å²) < 4.78 is 25.3. The van der Waals surface area contributed by atoms with Crippen molar-refractivity contribution in [2.45, 2.75) is 32.2 Å². The lowest BCUT2D eigenvalue weighted by atomic mass is 10.1. The van der Waals surface area contributed by atoms with E-state index >= 15 is 0 Å². The summed E-state index contributed by atoms with van der Waals surface area (Å²) in [5.74, 6) is -0.442. The Balaban J connectivity index is 2.35. The van der Waals surface area contributed by atoms with Crippen molar-refractivity contribution in [3.05, 3.63) is 0 Å². The molecule has 0 saturated carbocycles. The van der Waals surface area contributed by atoms with Crippen LogP contribution in [-0.4, -0.2) is 44.7 Å². The number of hydrogen-bond donors (Lipinski definition) is 1. The van der Waals surface area contributed by atoms with E-state index in [0.29, 0.717) is 0 Å². The third kappa shape index (κ3) is 4.47. The minimum atomic E-state index is -3.39. The fourth-order valence-corrected chi connectivity index (χ4v) is 2.97. The van der Waals surface area contributed by atoms with Gasteiger partial charge in [-0.15, -0.1) is 0 Å². The van der Waals surface area contributed by atoms with Crippen molar-refractivity contribution in [2.24, 2.45) is 0 Å². The van der Waals surface area contributed by atoms with Crippen LogP contribution in [0.2, 0.25) is 0 Å². The fourth-order valence-electron chi connectivity index (χ4n) is 1.97. The Morgan fingerprint density at radius 1 is 1.44 bits per heavy atom. The zero-order valence-electron chi connectivity index (χ0n) is 9.65. The average Bonchev–Trinajstić information content (AvgIpc) is 2.21. The van der Waals surface area contributed by atoms with Crippen molar-refractivity contribution in [1.82, 2.24) is 9.62 Å². The van der Waals surface area contributed by atoms with Gasteiger partial charge in [-0.05, 0) is 38.9 Å². The molecule has 92 valence electrons. The zero-order chi connectivity index (χ0) is 12.0. The van der Waals surface area contributed by atoms with Gasteiger partial charge in [-0.2, -0.15) is 5.26 Å². The molecule has 1 saturated heterocycles. The van der Waals surface area contributed by atoms with Crippen molar-refractivity contribution in [1.29, 1.82) is 5.26 Å². The van der Waals surface area contributed by atoms with E-state index in [9.17, 15) is 8.42 Å². The maximum atomic E-state index is 11.4. The normalized spacial score (nSPS) is 19.5. The molecule has 1 rings (SSSR count). The third-order valence-electron chi connectivity index (χ3n) is 2.73. The van der Waals surface area contributed by atoms with Gasteiger partial charge in [0.25, 0.3) is 0 Å². The molecule has 0 aromatic rings. The summed E-state index contributed by atoms with van der Waals surface area (Å²) in [6.45, 7) is 5.10. The SMILES string of the molecule is CCCN1CCC(NS(=O)(=O)CC#N)CC1. The standard InChI is InChI=1S/C10H19N3O2S/c1-2-6-13-7-3-10(4-8-13)12-16(14,15)9-5-11/h10,12H,2-4,6-9H2,1H3. The highest BCUT2D eigenvalue weighted by Crippen LogP contribution is 2.11. The van der Waals surface area contributed by atoms with E-state index in [0.717, 1.165) is 38.9 Å². The number of nitriles is 1. The maximum Gasteiger partial charge on any atom is 0.225 e. The lowest BCUT2D eigenvalue weighted by Crippen LogP contribution is -2.45. The van der Waals surface area contributed by atoms with Crippen LogP contribution < -0.4 is 4.72 Å². The maximum absolute atomic E-state index is 11.4. The second-order valence-corrected chi connectivity index (χ2v) is 5.90. The highest BCUT2D eigenvalue weighted by atomic mass is 32.2. The smallest absolute Gasteiger partial charge is 0.225 e. The molecular formula is C10H19N3O2S. The molecule has 0 aromatic carbocycles. The van der Waals surface area contributed by atoms with Crippen molar-refractivity contribution in [2.75, 3.05) is 25.4 Å². The largest absolute Gasteiger partial charge is 0.303 e. The van der Waals surface area contributed by atoms with Crippen molar-refractivity contribution in [3.63, 3.8) is 0 Å². The molecule has 0 spiro atoms. The molecule has 0 bridgehead atoms. The molecule has 0 aromatic heterocycles. The van der Waals surface area contributed by atoms with Gasteiger partial charge in [0.1, 0.15) is 0 Å². The predicted octanol–water partition coefficient (Wildman–Crippen LogP) is 0.304. The Labute approximate surface area is 97.5 Å². The van der Waals surface area contributed by atoms with E-state index in [-0.39, 0.29) is 6.04 Å². The number of sulfonamides is 1. The summed E-state index contributed by atoms with van der Waals surface area (Å²) in [6.07, 6.45) is 2.81. The van der Waals surface area contributed by atoms with Gasteiger partial charge in [0.2, 0.25) is 10.0 Å². The van der Waals surface area contributed by atoms with Gasteiger partial charge in [-0.1, -0.05) is 6.92 Å². The second kappa shape index (κ2) is 6.18. The Morgan fingerprint density at radius 2 is 2.06 bits per heavy atom.